The standard InChI is InChI=1S/C37H35F6N7O5/c1-35(2,3)55-34(53)47-10-6-9-29(28-15-22-19-54-20-23(22)16-30(28)47)49(18-21-13-24(36(38,39)40)17-25(14-21)37(41,42)43)33-44-46-50(45-33)12-11-48-31(51)26-7-4-5-8-27(26)32(48)52/h4-5,7-8,13-17,29H,6,9-12,18-20H2,1-3H3/t29-/m0/s1. The Morgan fingerprint density at radius 3 is 2.11 bits per heavy atom. The van der Waals surface area contributed by atoms with E-state index in [2.05, 4.69) is 15.4 Å². The maximum Gasteiger partial charge on any atom is 0.416 e. The summed E-state index contributed by atoms with van der Waals surface area (Å²) >= 11 is 0. The van der Waals surface area contributed by atoms with Gasteiger partial charge < -0.3 is 14.4 Å². The van der Waals surface area contributed by atoms with E-state index >= 15 is 0 Å². The van der Waals surface area contributed by atoms with Crippen molar-refractivity contribution in [1.82, 2.24) is 25.1 Å². The molecule has 1 aromatic heterocycles. The number of alkyl halides is 6. The second-order valence-electron chi connectivity index (χ2n) is 14.5. The zero-order chi connectivity index (χ0) is 39.4. The van der Waals surface area contributed by atoms with Gasteiger partial charge in [-0.25, -0.2) is 4.79 Å². The molecule has 0 saturated carbocycles. The molecule has 0 bridgehead atoms. The highest BCUT2D eigenvalue weighted by Gasteiger charge is 2.40. The van der Waals surface area contributed by atoms with Gasteiger partial charge in [-0.3, -0.25) is 19.4 Å². The second kappa shape index (κ2) is 14.0. The molecule has 7 rings (SSSR count). The van der Waals surface area contributed by atoms with Crippen molar-refractivity contribution in [2.45, 2.75) is 83.9 Å². The van der Waals surface area contributed by atoms with Crippen molar-refractivity contribution in [1.29, 1.82) is 0 Å². The van der Waals surface area contributed by atoms with Crippen LogP contribution in [-0.2, 0) is 48.1 Å². The molecule has 4 heterocycles. The van der Waals surface area contributed by atoms with Gasteiger partial charge in [0.05, 0.1) is 60.3 Å². The number of carbonyl (C=O) groups is 3. The van der Waals surface area contributed by atoms with Crippen molar-refractivity contribution in [3.63, 3.8) is 0 Å². The molecular weight excluding hydrogens is 736 g/mol. The van der Waals surface area contributed by atoms with Crippen molar-refractivity contribution in [3.8, 4) is 0 Å². The number of nitrogens with zero attached hydrogens (tertiary/aromatic N) is 7. The fourth-order valence-corrected chi connectivity index (χ4v) is 6.99. The number of aromatic nitrogens is 4. The van der Waals surface area contributed by atoms with E-state index in [0.29, 0.717) is 29.8 Å². The molecule has 0 radical (unpaired) electrons. The fourth-order valence-electron chi connectivity index (χ4n) is 6.99. The smallest absolute Gasteiger partial charge is 0.416 e. The molecule has 3 aromatic carbocycles. The van der Waals surface area contributed by atoms with Crippen molar-refractivity contribution in [2.24, 2.45) is 0 Å². The summed E-state index contributed by atoms with van der Waals surface area (Å²) < 4.78 is 95.3. The molecule has 0 spiro atoms. The lowest BCUT2D eigenvalue weighted by Gasteiger charge is -2.33. The van der Waals surface area contributed by atoms with Gasteiger partial charge in [0.25, 0.3) is 17.8 Å². The van der Waals surface area contributed by atoms with Crippen molar-refractivity contribution < 1.29 is 50.2 Å². The number of hydrogen-bond acceptors (Lipinski definition) is 9. The van der Waals surface area contributed by atoms with Crippen LogP contribution in [0.2, 0.25) is 0 Å². The predicted molar refractivity (Wildman–Crippen MR) is 183 cm³/mol. The van der Waals surface area contributed by atoms with E-state index in [1.165, 1.54) is 21.9 Å². The molecule has 0 N–H and O–H groups in total. The van der Waals surface area contributed by atoms with Crippen LogP contribution in [0, 0.1) is 0 Å². The zero-order valence-electron chi connectivity index (χ0n) is 29.9. The first-order valence-corrected chi connectivity index (χ1v) is 17.4. The highest BCUT2D eigenvalue weighted by atomic mass is 19.4. The van der Waals surface area contributed by atoms with Gasteiger partial charge in [0.2, 0.25) is 0 Å². The first-order valence-electron chi connectivity index (χ1n) is 17.4. The topological polar surface area (TPSA) is 123 Å². The van der Waals surface area contributed by atoms with Crippen LogP contribution in [0.15, 0.2) is 54.6 Å². The third-order valence-corrected chi connectivity index (χ3v) is 9.46. The molecular formula is C37H35F6N7O5. The van der Waals surface area contributed by atoms with Gasteiger partial charge in [0, 0.05) is 13.1 Å². The van der Waals surface area contributed by atoms with Gasteiger partial charge >= 0.3 is 18.4 Å². The normalized spacial score (nSPS) is 17.2. The fraction of sp³-hybridized carbons (Fsp3) is 0.405. The Morgan fingerprint density at radius 1 is 0.891 bits per heavy atom. The first kappa shape index (κ1) is 37.8. The number of hydrogen-bond donors (Lipinski definition) is 0. The summed E-state index contributed by atoms with van der Waals surface area (Å²) in [5.74, 6) is -1.16. The molecule has 55 heavy (non-hydrogen) atoms. The molecule has 3 aliphatic rings. The Kier molecular flexibility index (Phi) is 9.59. The van der Waals surface area contributed by atoms with Gasteiger partial charge in [-0.2, -0.15) is 31.1 Å². The van der Waals surface area contributed by atoms with E-state index in [0.717, 1.165) is 20.8 Å². The molecule has 290 valence electrons. The minimum Gasteiger partial charge on any atom is -0.443 e. The number of carbonyl (C=O) groups excluding carboxylic acids is 3. The molecule has 3 amide bonds. The van der Waals surface area contributed by atoms with Gasteiger partial charge in [-0.05, 0) is 104 Å². The summed E-state index contributed by atoms with van der Waals surface area (Å²) in [5.41, 5.74) is -1.08. The lowest BCUT2D eigenvalue weighted by atomic mass is 9.95. The third-order valence-electron chi connectivity index (χ3n) is 9.46. The Bertz CT molecular complexity index is 2100. The van der Waals surface area contributed by atoms with E-state index in [1.54, 1.807) is 39.0 Å². The molecule has 12 nitrogen and oxygen atoms in total. The van der Waals surface area contributed by atoms with E-state index in [1.807, 2.05) is 6.07 Å². The maximum atomic E-state index is 14.0. The predicted octanol–water partition coefficient (Wildman–Crippen LogP) is 7.32. The Labute approximate surface area is 310 Å². The van der Waals surface area contributed by atoms with Crippen LogP contribution in [0.4, 0.5) is 42.8 Å². The molecule has 18 heteroatoms. The summed E-state index contributed by atoms with van der Waals surface area (Å²) in [6, 6.07) is 10.5. The summed E-state index contributed by atoms with van der Waals surface area (Å²) in [5, 5.41) is 12.7. The second-order valence-corrected chi connectivity index (χ2v) is 14.5. The minimum atomic E-state index is -5.09. The van der Waals surface area contributed by atoms with Crippen LogP contribution < -0.4 is 9.80 Å². The summed E-state index contributed by atoms with van der Waals surface area (Å²) in [6.45, 7) is 5.08. The Hall–Kier alpha value is -5.52. The average Bonchev–Trinajstić information content (AvgIpc) is 3.79. The van der Waals surface area contributed by atoms with E-state index in [-0.39, 0.29) is 68.0 Å². The van der Waals surface area contributed by atoms with Gasteiger partial charge in [-0.1, -0.05) is 17.2 Å². The number of fused-ring (bicyclic) bond motifs is 3. The molecule has 0 aliphatic carbocycles. The van der Waals surface area contributed by atoms with Crippen LogP contribution in [0.1, 0.15) is 93.8 Å². The molecule has 0 fully saturated rings. The molecule has 0 unspecified atom stereocenters. The number of amides is 3. The molecule has 4 aromatic rings. The lowest BCUT2D eigenvalue weighted by molar-refractivity contribution is -0.143. The van der Waals surface area contributed by atoms with Crippen molar-refractivity contribution in [3.05, 3.63) is 99.1 Å². The van der Waals surface area contributed by atoms with Crippen LogP contribution in [0.3, 0.4) is 0 Å². The lowest BCUT2D eigenvalue weighted by Crippen LogP contribution is -2.37. The number of ether oxygens (including phenoxy) is 2. The number of tetrazole rings is 1. The monoisotopic (exact) mass is 771 g/mol. The average molecular weight is 772 g/mol. The maximum absolute atomic E-state index is 14.0. The summed E-state index contributed by atoms with van der Waals surface area (Å²) in [6.07, 6.45) is -10.2. The van der Waals surface area contributed by atoms with Crippen molar-refractivity contribution >= 4 is 29.5 Å². The first-order chi connectivity index (χ1) is 25.9. The van der Waals surface area contributed by atoms with Crippen LogP contribution in [0.5, 0.6) is 0 Å². The molecule has 3 aliphatic heterocycles. The summed E-state index contributed by atoms with van der Waals surface area (Å²) in [7, 11) is 0. The minimum absolute atomic E-state index is 0.0601. The van der Waals surface area contributed by atoms with E-state index in [4.69, 9.17) is 9.47 Å². The Balaban J connectivity index is 1.29. The molecule has 1 atom stereocenters. The third kappa shape index (κ3) is 7.72. The van der Waals surface area contributed by atoms with Crippen LogP contribution >= 0.6 is 0 Å². The van der Waals surface area contributed by atoms with Crippen LogP contribution in [0.25, 0.3) is 0 Å². The molecule has 0 saturated heterocycles. The highest BCUT2D eigenvalue weighted by molar-refractivity contribution is 6.21. The van der Waals surface area contributed by atoms with Gasteiger partial charge in [-0.15, -0.1) is 5.10 Å². The van der Waals surface area contributed by atoms with E-state index < -0.39 is 59.6 Å². The number of halogens is 6. The van der Waals surface area contributed by atoms with Gasteiger partial charge in [0.1, 0.15) is 5.60 Å². The van der Waals surface area contributed by atoms with E-state index in [9.17, 15) is 40.7 Å². The number of benzene rings is 3. The number of imide groups is 1. The zero-order valence-corrected chi connectivity index (χ0v) is 29.9. The highest BCUT2D eigenvalue weighted by Crippen LogP contribution is 2.43. The van der Waals surface area contributed by atoms with Crippen LogP contribution in [-0.4, -0.2) is 61.7 Å². The SMILES string of the molecule is CC(C)(C)OC(=O)N1CCC[C@H](N(Cc2cc(C(F)(F)F)cc(C(F)(F)F)c2)c2nnn(CCN3C(=O)c4ccccc4C3=O)n2)c2cc3c(cc21)COC3. The largest absolute Gasteiger partial charge is 0.443 e. The number of anilines is 2. The van der Waals surface area contributed by atoms with Crippen molar-refractivity contribution in [2.75, 3.05) is 22.9 Å². The quantitative estimate of drug-likeness (QED) is 0.141. The van der Waals surface area contributed by atoms with Gasteiger partial charge in [0.15, 0.2) is 0 Å². The number of rotatable bonds is 7. The Morgan fingerprint density at radius 2 is 1.51 bits per heavy atom. The summed E-state index contributed by atoms with van der Waals surface area (Å²) in [4.78, 5) is 44.6.